The second-order valence-corrected chi connectivity index (χ2v) is 9.12. The van der Waals surface area contributed by atoms with Crippen LogP contribution in [0.1, 0.15) is 12.7 Å². The van der Waals surface area contributed by atoms with Crippen LogP contribution in [0.25, 0.3) is 17.4 Å². The highest BCUT2D eigenvalue weighted by atomic mass is 35.5. The Morgan fingerprint density at radius 2 is 1.65 bits per heavy atom. The Labute approximate surface area is 212 Å². The third-order valence-electron chi connectivity index (χ3n) is 5.45. The van der Waals surface area contributed by atoms with Gasteiger partial charge in [0, 0.05) is 60.5 Å². The molecule has 0 bridgehead atoms. The molecule has 1 aromatic heterocycles. The molecule has 9 heteroatoms. The van der Waals surface area contributed by atoms with Crippen LogP contribution in [0.15, 0.2) is 59.0 Å². The summed E-state index contributed by atoms with van der Waals surface area (Å²) in [5, 5.41) is 4.36. The minimum Gasteiger partial charge on any atom is -0.457 e. The maximum Gasteiger partial charge on any atom is 0.248 e. The second kappa shape index (κ2) is 10.6. The number of carbonyl (C=O) groups is 2. The molecule has 1 aliphatic rings. The molecular formula is C25H22Cl3N3O3. The molecule has 1 saturated heterocycles. The van der Waals surface area contributed by atoms with Gasteiger partial charge < -0.3 is 19.5 Å². The highest BCUT2D eigenvalue weighted by Crippen LogP contribution is 2.30. The summed E-state index contributed by atoms with van der Waals surface area (Å²) in [5.41, 5.74) is 2.21. The predicted molar refractivity (Wildman–Crippen MR) is 138 cm³/mol. The van der Waals surface area contributed by atoms with Crippen molar-refractivity contribution in [1.82, 2.24) is 4.90 Å². The number of amides is 2. The molecule has 1 fully saturated rings. The van der Waals surface area contributed by atoms with Crippen LogP contribution in [-0.2, 0) is 9.59 Å². The highest BCUT2D eigenvalue weighted by molar-refractivity contribution is 6.35. The lowest BCUT2D eigenvalue weighted by Gasteiger charge is -2.36. The van der Waals surface area contributed by atoms with E-state index in [1.807, 2.05) is 11.0 Å². The maximum atomic E-state index is 12.4. The van der Waals surface area contributed by atoms with Crippen molar-refractivity contribution in [3.8, 4) is 11.3 Å². The Kier molecular flexibility index (Phi) is 7.51. The Bertz CT molecular complexity index is 1230. The summed E-state index contributed by atoms with van der Waals surface area (Å²) >= 11 is 18.6. The van der Waals surface area contributed by atoms with Crippen LogP contribution in [0.3, 0.4) is 0 Å². The quantitative estimate of drug-likeness (QED) is 0.407. The zero-order chi connectivity index (χ0) is 24.2. The third-order valence-corrected chi connectivity index (χ3v) is 6.19. The van der Waals surface area contributed by atoms with E-state index in [0.29, 0.717) is 58.5 Å². The molecule has 0 aliphatic carbocycles. The van der Waals surface area contributed by atoms with Gasteiger partial charge in [0.15, 0.2) is 0 Å². The van der Waals surface area contributed by atoms with E-state index in [9.17, 15) is 9.59 Å². The molecule has 0 atom stereocenters. The smallest absolute Gasteiger partial charge is 0.248 e. The van der Waals surface area contributed by atoms with E-state index < -0.39 is 0 Å². The van der Waals surface area contributed by atoms with E-state index in [1.165, 1.54) is 6.08 Å². The van der Waals surface area contributed by atoms with Crippen molar-refractivity contribution in [2.24, 2.45) is 0 Å². The molecule has 2 aromatic carbocycles. The fourth-order valence-corrected chi connectivity index (χ4v) is 4.56. The lowest BCUT2D eigenvalue weighted by molar-refractivity contribution is -0.129. The molecule has 0 spiro atoms. The SMILES string of the molecule is CC(=O)N1CCN(c2ccc(NC(=O)/C=C/c3ccc(-c4cc(Cl)cc(Cl)c4)o3)cc2Cl)CC1. The van der Waals surface area contributed by atoms with Crippen molar-refractivity contribution < 1.29 is 14.0 Å². The fraction of sp³-hybridized carbons (Fsp3) is 0.200. The van der Waals surface area contributed by atoms with Crippen molar-refractivity contribution in [2.75, 3.05) is 36.4 Å². The molecule has 3 aromatic rings. The summed E-state index contributed by atoms with van der Waals surface area (Å²) in [7, 11) is 0. The fourth-order valence-electron chi connectivity index (χ4n) is 3.74. The first kappa shape index (κ1) is 24.2. The lowest BCUT2D eigenvalue weighted by atomic mass is 10.2. The zero-order valence-electron chi connectivity index (χ0n) is 18.4. The highest BCUT2D eigenvalue weighted by Gasteiger charge is 2.20. The van der Waals surface area contributed by atoms with Gasteiger partial charge >= 0.3 is 0 Å². The molecule has 6 nitrogen and oxygen atoms in total. The Morgan fingerprint density at radius 1 is 0.941 bits per heavy atom. The number of nitrogens with one attached hydrogen (secondary N) is 1. The predicted octanol–water partition coefficient (Wildman–Crippen LogP) is 6.23. The number of rotatable bonds is 5. The number of benzene rings is 2. The molecule has 0 unspecified atom stereocenters. The lowest BCUT2D eigenvalue weighted by Crippen LogP contribution is -2.48. The maximum absolute atomic E-state index is 12.4. The van der Waals surface area contributed by atoms with Gasteiger partial charge in [-0.05, 0) is 54.6 Å². The van der Waals surface area contributed by atoms with E-state index >= 15 is 0 Å². The van der Waals surface area contributed by atoms with Gasteiger partial charge in [-0.15, -0.1) is 0 Å². The van der Waals surface area contributed by atoms with Crippen LogP contribution < -0.4 is 10.2 Å². The first-order valence-electron chi connectivity index (χ1n) is 10.6. The molecule has 34 heavy (non-hydrogen) atoms. The van der Waals surface area contributed by atoms with Crippen LogP contribution in [-0.4, -0.2) is 42.9 Å². The van der Waals surface area contributed by atoms with Gasteiger partial charge in [-0.25, -0.2) is 0 Å². The van der Waals surface area contributed by atoms with Gasteiger partial charge in [0.05, 0.1) is 10.7 Å². The van der Waals surface area contributed by atoms with E-state index in [-0.39, 0.29) is 11.8 Å². The second-order valence-electron chi connectivity index (χ2n) is 7.84. The summed E-state index contributed by atoms with van der Waals surface area (Å²) < 4.78 is 5.77. The summed E-state index contributed by atoms with van der Waals surface area (Å²) in [6.07, 6.45) is 2.96. The van der Waals surface area contributed by atoms with Gasteiger partial charge in [0.1, 0.15) is 11.5 Å². The first-order valence-corrected chi connectivity index (χ1v) is 11.8. The normalized spacial score (nSPS) is 14.0. The van der Waals surface area contributed by atoms with Gasteiger partial charge in [-0.3, -0.25) is 9.59 Å². The summed E-state index contributed by atoms with van der Waals surface area (Å²) in [6.45, 7) is 4.32. The van der Waals surface area contributed by atoms with E-state index in [1.54, 1.807) is 55.5 Å². The largest absolute Gasteiger partial charge is 0.457 e. The van der Waals surface area contributed by atoms with Gasteiger partial charge in [-0.1, -0.05) is 34.8 Å². The molecule has 2 heterocycles. The first-order chi connectivity index (χ1) is 16.3. The molecule has 1 aliphatic heterocycles. The van der Waals surface area contributed by atoms with Crippen LogP contribution in [0.5, 0.6) is 0 Å². The van der Waals surface area contributed by atoms with Crippen molar-refractivity contribution in [3.63, 3.8) is 0 Å². The van der Waals surface area contributed by atoms with E-state index in [2.05, 4.69) is 10.2 Å². The van der Waals surface area contributed by atoms with Crippen molar-refractivity contribution in [1.29, 1.82) is 0 Å². The molecular weight excluding hydrogens is 497 g/mol. The number of carbonyl (C=O) groups excluding carboxylic acids is 2. The van der Waals surface area contributed by atoms with E-state index in [0.717, 1.165) is 11.3 Å². The van der Waals surface area contributed by atoms with Crippen molar-refractivity contribution >= 4 is 64.1 Å². The average molecular weight is 519 g/mol. The molecule has 0 radical (unpaired) electrons. The Morgan fingerprint density at radius 3 is 2.29 bits per heavy atom. The number of halogens is 3. The topological polar surface area (TPSA) is 65.8 Å². The average Bonchev–Trinajstić information content (AvgIpc) is 3.27. The van der Waals surface area contributed by atoms with Crippen LogP contribution in [0.2, 0.25) is 15.1 Å². The molecule has 176 valence electrons. The minimum atomic E-state index is -0.317. The van der Waals surface area contributed by atoms with Gasteiger partial charge in [0.25, 0.3) is 0 Å². The molecule has 2 amide bonds. The summed E-state index contributed by atoms with van der Waals surface area (Å²) in [4.78, 5) is 27.8. The molecule has 4 rings (SSSR count). The minimum absolute atomic E-state index is 0.0801. The van der Waals surface area contributed by atoms with Crippen molar-refractivity contribution in [3.05, 3.63) is 75.4 Å². The van der Waals surface area contributed by atoms with Crippen LogP contribution in [0.4, 0.5) is 11.4 Å². The summed E-state index contributed by atoms with van der Waals surface area (Å²) in [5.74, 6) is 0.870. The number of piperazine rings is 1. The van der Waals surface area contributed by atoms with Gasteiger partial charge in [-0.2, -0.15) is 0 Å². The standard InChI is InChI=1S/C25H22Cl3N3O3/c1-16(32)30-8-10-31(11-9-30)23-5-2-20(15-22(23)28)29-25(33)7-4-21-3-6-24(34-21)17-12-18(26)14-19(27)13-17/h2-7,12-15H,8-11H2,1H3,(H,29,33)/b7-4+. The number of hydrogen-bond acceptors (Lipinski definition) is 4. The number of anilines is 2. The molecule has 0 saturated carbocycles. The van der Waals surface area contributed by atoms with Crippen molar-refractivity contribution in [2.45, 2.75) is 6.92 Å². The van der Waals surface area contributed by atoms with Crippen LogP contribution >= 0.6 is 34.8 Å². The van der Waals surface area contributed by atoms with Gasteiger partial charge in [0.2, 0.25) is 11.8 Å². The number of furan rings is 1. The number of nitrogens with zero attached hydrogens (tertiary/aromatic N) is 2. The Balaban J connectivity index is 1.36. The van der Waals surface area contributed by atoms with E-state index in [4.69, 9.17) is 39.2 Å². The van der Waals surface area contributed by atoms with Crippen LogP contribution in [0, 0.1) is 0 Å². The zero-order valence-corrected chi connectivity index (χ0v) is 20.6. The third kappa shape index (κ3) is 5.95. The molecule has 1 N–H and O–H groups in total. The monoisotopic (exact) mass is 517 g/mol. The number of hydrogen-bond donors (Lipinski definition) is 1. The summed E-state index contributed by atoms with van der Waals surface area (Å²) in [6, 6.07) is 14.1. The Hall–Kier alpha value is -2.93.